The van der Waals surface area contributed by atoms with Crippen LogP contribution < -0.4 is 15.1 Å². The van der Waals surface area contributed by atoms with E-state index in [1.807, 2.05) is 39.8 Å². The molecular weight excluding hydrogens is 320 g/mol. The number of rotatable bonds is 1. The van der Waals surface area contributed by atoms with E-state index in [0.717, 1.165) is 11.1 Å². The van der Waals surface area contributed by atoms with Crippen LogP contribution in [0.25, 0.3) is 17.0 Å². The first kappa shape index (κ1) is 15.9. The van der Waals surface area contributed by atoms with Gasteiger partial charge < -0.3 is 13.9 Å². The van der Waals surface area contributed by atoms with Gasteiger partial charge in [0.15, 0.2) is 11.4 Å². The van der Waals surface area contributed by atoms with E-state index in [0.29, 0.717) is 28.9 Å². The van der Waals surface area contributed by atoms with Gasteiger partial charge in [0.05, 0.1) is 10.9 Å². The lowest BCUT2D eigenvalue weighted by molar-refractivity contribution is 0.0869. The fourth-order valence-electron chi connectivity index (χ4n) is 3.54. The molecule has 3 heterocycles. The third kappa shape index (κ3) is 2.37. The van der Waals surface area contributed by atoms with Crippen molar-refractivity contribution in [1.82, 2.24) is 0 Å². The molecule has 0 bridgehead atoms. The average molecular weight is 340 g/mol. The van der Waals surface area contributed by atoms with E-state index in [-0.39, 0.29) is 23.9 Å². The van der Waals surface area contributed by atoms with Gasteiger partial charge in [-0.25, -0.2) is 4.79 Å². The molecule has 0 aliphatic carbocycles. The number of fused-ring (bicyclic) bond motifs is 6. The van der Waals surface area contributed by atoms with Crippen molar-refractivity contribution in [2.75, 3.05) is 0 Å². The Balaban J connectivity index is 2.21. The molecule has 0 fully saturated rings. The second-order valence-electron chi connectivity index (χ2n) is 7.19. The van der Waals surface area contributed by atoms with Crippen molar-refractivity contribution in [3.8, 4) is 11.5 Å². The van der Waals surface area contributed by atoms with Gasteiger partial charge in [-0.05, 0) is 44.9 Å². The minimum absolute atomic E-state index is 0.0730. The SMILES string of the molecule is CCc1cc(=O)oc2c3c(c4c(c12)OC(C)(C)C=C4)OC(C)CC3=O. The molecule has 1 unspecified atom stereocenters. The minimum Gasteiger partial charge on any atom is -0.489 e. The van der Waals surface area contributed by atoms with Crippen LogP contribution in [0.15, 0.2) is 21.4 Å². The van der Waals surface area contributed by atoms with Crippen LogP contribution in [-0.2, 0) is 6.42 Å². The molecule has 0 saturated heterocycles. The van der Waals surface area contributed by atoms with Crippen LogP contribution >= 0.6 is 0 Å². The van der Waals surface area contributed by atoms with Gasteiger partial charge in [-0.1, -0.05) is 6.92 Å². The van der Waals surface area contributed by atoms with E-state index >= 15 is 0 Å². The highest BCUT2D eigenvalue weighted by molar-refractivity contribution is 6.13. The first-order chi connectivity index (χ1) is 11.8. The molecule has 1 aromatic carbocycles. The predicted molar refractivity (Wildman–Crippen MR) is 94.6 cm³/mol. The Morgan fingerprint density at radius 1 is 1.24 bits per heavy atom. The van der Waals surface area contributed by atoms with Crippen LogP contribution in [0.4, 0.5) is 0 Å². The van der Waals surface area contributed by atoms with Gasteiger partial charge in [-0.3, -0.25) is 4.79 Å². The van der Waals surface area contributed by atoms with Crippen LogP contribution in [0.3, 0.4) is 0 Å². The van der Waals surface area contributed by atoms with E-state index in [1.165, 1.54) is 6.07 Å². The molecule has 0 amide bonds. The molecule has 2 aliphatic rings. The van der Waals surface area contributed by atoms with Crippen molar-refractivity contribution in [3.05, 3.63) is 39.3 Å². The number of benzene rings is 1. The van der Waals surface area contributed by atoms with Crippen molar-refractivity contribution >= 4 is 22.8 Å². The largest absolute Gasteiger partial charge is 0.489 e. The molecule has 0 spiro atoms. The van der Waals surface area contributed by atoms with Crippen LogP contribution in [-0.4, -0.2) is 17.5 Å². The molecule has 0 N–H and O–H groups in total. The summed E-state index contributed by atoms with van der Waals surface area (Å²) in [4.78, 5) is 24.8. The zero-order valence-corrected chi connectivity index (χ0v) is 14.8. The summed E-state index contributed by atoms with van der Waals surface area (Å²) in [5, 5.41) is 0.694. The lowest BCUT2D eigenvalue weighted by atomic mass is 9.90. The average Bonchev–Trinajstić information content (AvgIpc) is 2.52. The first-order valence-electron chi connectivity index (χ1n) is 8.55. The topological polar surface area (TPSA) is 65.7 Å². The quantitative estimate of drug-likeness (QED) is 0.737. The maximum Gasteiger partial charge on any atom is 0.336 e. The van der Waals surface area contributed by atoms with E-state index in [1.54, 1.807) is 0 Å². The number of carbonyl (C=O) groups is 1. The second-order valence-corrected chi connectivity index (χ2v) is 7.19. The minimum atomic E-state index is -0.500. The predicted octanol–water partition coefficient (Wildman–Crippen LogP) is 3.89. The number of hydrogen-bond donors (Lipinski definition) is 0. The lowest BCUT2D eigenvalue weighted by Gasteiger charge is -2.33. The Labute approximate surface area is 145 Å². The molecule has 25 heavy (non-hydrogen) atoms. The van der Waals surface area contributed by atoms with E-state index in [9.17, 15) is 9.59 Å². The van der Waals surface area contributed by atoms with E-state index in [4.69, 9.17) is 13.9 Å². The summed E-state index contributed by atoms with van der Waals surface area (Å²) in [5.41, 5.74) is 1.21. The van der Waals surface area contributed by atoms with E-state index in [2.05, 4.69) is 0 Å². The van der Waals surface area contributed by atoms with Crippen LogP contribution in [0, 0.1) is 0 Å². The number of aryl methyl sites for hydroxylation is 1. The molecule has 1 atom stereocenters. The summed E-state index contributed by atoms with van der Waals surface area (Å²) in [6.07, 6.45) is 4.54. The highest BCUT2D eigenvalue weighted by Gasteiger charge is 2.36. The Morgan fingerprint density at radius 3 is 2.72 bits per heavy atom. The normalized spacial score (nSPS) is 20.6. The second kappa shape index (κ2) is 5.22. The van der Waals surface area contributed by atoms with Gasteiger partial charge in [-0.15, -0.1) is 0 Å². The number of ketones is 1. The number of ether oxygens (including phenoxy) is 2. The Hall–Kier alpha value is -2.56. The smallest absolute Gasteiger partial charge is 0.336 e. The molecule has 5 heteroatoms. The van der Waals surface area contributed by atoms with Crippen LogP contribution in [0.5, 0.6) is 11.5 Å². The standard InChI is InChI=1S/C20H20O5/c1-5-11-9-14(22)24-19-15(11)18-12(6-7-20(3,4)25-18)17-16(19)13(21)8-10(2)23-17/h6-7,9-10H,5,8H2,1-4H3. The Kier molecular flexibility index (Phi) is 3.33. The van der Waals surface area contributed by atoms with Crippen molar-refractivity contribution < 1.29 is 18.7 Å². The van der Waals surface area contributed by atoms with Crippen molar-refractivity contribution in [2.45, 2.75) is 52.2 Å². The number of hydrogen-bond acceptors (Lipinski definition) is 5. The lowest BCUT2D eigenvalue weighted by Crippen LogP contribution is -2.30. The summed E-state index contributed by atoms with van der Waals surface area (Å²) in [5.74, 6) is 0.995. The van der Waals surface area contributed by atoms with Gasteiger partial charge >= 0.3 is 5.63 Å². The van der Waals surface area contributed by atoms with Gasteiger partial charge in [-0.2, -0.15) is 0 Å². The monoisotopic (exact) mass is 340 g/mol. The van der Waals surface area contributed by atoms with Gasteiger partial charge in [0.25, 0.3) is 0 Å². The van der Waals surface area contributed by atoms with Gasteiger partial charge in [0, 0.05) is 12.5 Å². The zero-order chi connectivity index (χ0) is 17.9. The molecule has 5 nitrogen and oxygen atoms in total. The van der Waals surface area contributed by atoms with Gasteiger partial charge in [0.2, 0.25) is 0 Å². The third-order valence-corrected chi connectivity index (χ3v) is 4.68. The summed E-state index contributed by atoms with van der Waals surface area (Å²) in [7, 11) is 0. The van der Waals surface area contributed by atoms with Crippen molar-refractivity contribution in [3.63, 3.8) is 0 Å². The molecule has 130 valence electrons. The molecule has 0 saturated carbocycles. The summed E-state index contributed by atoms with van der Waals surface area (Å²) >= 11 is 0. The van der Waals surface area contributed by atoms with Crippen molar-refractivity contribution in [2.24, 2.45) is 0 Å². The first-order valence-corrected chi connectivity index (χ1v) is 8.55. The molecule has 2 aliphatic heterocycles. The highest BCUT2D eigenvalue weighted by atomic mass is 16.5. The van der Waals surface area contributed by atoms with Crippen molar-refractivity contribution in [1.29, 1.82) is 0 Å². The molecular formula is C20H20O5. The maximum absolute atomic E-state index is 12.7. The Bertz CT molecular complexity index is 994. The fraction of sp³-hybridized carbons (Fsp3) is 0.400. The van der Waals surface area contributed by atoms with E-state index < -0.39 is 11.2 Å². The molecule has 4 rings (SSSR count). The number of carbonyl (C=O) groups excluding carboxylic acids is 1. The van der Waals surface area contributed by atoms with Gasteiger partial charge in [0.1, 0.15) is 28.8 Å². The molecule has 0 radical (unpaired) electrons. The summed E-state index contributed by atoms with van der Waals surface area (Å²) in [6.45, 7) is 7.73. The highest BCUT2D eigenvalue weighted by Crippen LogP contribution is 2.48. The third-order valence-electron chi connectivity index (χ3n) is 4.68. The fourth-order valence-corrected chi connectivity index (χ4v) is 3.54. The molecule has 2 aromatic rings. The Morgan fingerprint density at radius 2 is 2.00 bits per heavy atom. The van der Waals surface area contributed by atoms with Crippen LogP contribution in [0.2, 0.25) is 0 Å². The molecule has 1 aromatic heterocycles. The van der Waals surface area contributed by atoms with Crippen LogP contribution in [0.1, 0.15) is 55.6 Å². The number of Topliss-reactive ketones (excluding diaryl/α,β-unsaturated/α-hetero) is 1. The summed E-state index contributed by atoms with van der Waals surface area (Å²) in [6, 6.07) is 1.47. The maximum atomic E-state index is 12.7. The summed E-state index contributed by atoms with van der Waals surface area (Å²) < 4.78 is 17.7. The zero-order valence-electron chi connectivity index (χ0n) is 14.8.